The van der Waals surface area contributed by atoms with E-state index in [1.807, 2.05) is 0 Å². The second kappa shape index (κ2) is 8.53. The Bertz CT molecular complexity index is 563. The molecule has 1 aliphatic heterocycles. The Labute approximate surface area is 159 Å². The van der Waals surface area contributed by atoms with Crippen LogP contribution in [0.3, 0.4) is 0 Å². The molecule has 0 aliphatic carbocycles. The number of hydrogen-bond acceptors (Lipinski definition) is 8. The number of hydrogen-bond donors (Lipinski definition) is 3. The van der Waals surface area contributed by atoms with Crippen LogP contribution < -0.4 is 5.32 Å². The van der Waals surface area contributed by atoms with Crippen LogP contribution in [0.5, 0.6) is 0 Å². The first-order chi connectivity index (χ1) is 12.1. The molecule has 0 aromatic carbocycles. The molecule has 1 rings (SSSR count). The molecule has 1 fully saturated rings. The zero-order chi connectivity index (χ0) is 21.2. The summed E-state index contributed by atoms with van der Waals surface area (Å²) in [5, 5.41) is 23.3. The summed E-state index contributed by atoms with van der Waals surface area (Å²) in [6.45, 7) is 10.8. The molecule has 0 aromatic rings. The van der Waals surface area contributed by atoms with Crippen LogP contribution in [0.4, 0.5) is 0 Å². The molecular weight excluding hydrogens is 358 g/mol. The highest BCUT2D eigenvalue weighted by Crippen LogP contribution is 2.27. The maximum Gasteiger partial charge on any atom is 0.311 e. The number of carbonyl (C=O) groups is 3. The Balaban J connectivity index is 2.98. The van der Waals surface area contributed by atoms with Gasteiger partial charge < -0.3 is 29.7 Å². The largest absolute Gasteiger partial charge is 0.462 e. The molecule has 1 saturated heterocycles. The van der Waals surface area contributed by atoms with E-state index in [-0.39, 0.29) is 6.61 Å². The van der Waals surface area contributed by atoms with Gasteiger partial charge in [0.25, 0.3) is 0 Å². The quantitative estimate of drug-likeness (QED) is 0.578. The fourth-order valence-corrected chi connectivity index (χ4v) is 2.27. The number of aliphatic hydroxyl groups excluding tert-OH is 2. The van der Waals surface area contributed by atoms with Gasteiger partial charge >= 0.3 is 11.9 Å². The third kappa shape index (κ3) is 6.44. The lowest BCUT2D eigenvalue weighted by Crippen LogP contribution is -2.65. The summed E-state index contributed by atoms with van der Waals surface area (Å²) in [5.74, 6) is -1.63. The molecular formula is C18H31NO8. The average Bonchev–Trinajstić information content (AvgIpc) is 2.49. The molecule has 9 nitrogen and oxygen atoms in total. The van der Waals surface area contributed by atoms with Gasteiger partial charge in [0, 0.05) is 6.92 Å². The Morgan fingerprint density at radius 1 is 1.00 bits per heavy atom. The van der Waals surface area contributed by atoms with Gasteiger partial charge in [0.05, 0.1) is 10.8 Å². The van der Waals surface area contributed by atoms with Crippen LogP contribution >= 0.6 is 0 Å². The number of carbonyl (C=O) groups excluding carboxylic acids is 3. The van der Waals surface area contributed by atoms with Crippen LogP contribution in [0.2, 0.25) is 0 Å². The van der Waals surface area contributed by atoms with Crippen molar-refractivity contribution >= 4 is 17.8 Å². The molecule has 5 atom stereocenters. The zero-order valence-corrected chi connectivity index (χ0v) is 16.9. The van der Waals surface area contributed by atoms with E-state index < -0.39 is 59.3 Å². The van der Waals surface area contributed by atoms with Gasteiger partial charge in [-0.3, -0.25) is 14.4 Å². The minimum Gasteiger partial charge on any atom is -0.462 e. The molecule has 156 valence electrons. The number of ether oxygens (including phenoxy) is 3. The van der Waals surface area contributed by atoms with Gasteiger partial charge in [0.2, 0.25) is 5.91 Å². The Hall–Kier alpha value is -1.71. The van der Waals surface area contributed by atoms with Crippen molar-refractivity contribution in [3.63, 3.8) is 0 Å². The van der Waals surface area contributed by atoms with E-state index in [4.69, 9.17) is 14.2 Å². The molecule has 1 aliphatic rings. The standard InChI is InChI=1S/C18H31NO8/c1-9(20)19-11-13(27-16(24)18(5,6)7)12(21)10(26-14(11)22)8-25-15(23)17(2,3)4/h10-14,21-22H,8H2,1-7H3,(H,19,20)/t10-,11+,12-,13-,14+/m1/s1. The molecule has 0 saturated carbocycles. The van der Waals surface area contributed by atoms with Crippen LogP contribution in [0.1, 0.15) is 48.5 Å². The smallest absolute Gasteiger partial charge is 0.311 e. The molecule has 27 heavy (non-hydrogen) atoms. The monoisotopic (exact) mass is 389 g/mol. The van der Waals surface area contributed by atoms with E-state index in [1.165, 1.54) is 6.92 Å². The van der Waals surface area contributed by atoms with Gasteiger partial charge in [-0.1, -0.05) is 0 Å². The molecule has 3 N–H and O–H groups in total. The second-order valence-electron chi connectivity index (χ2n) is 8.75. The van der Waals surface area contributed by atoms with Gasteiger partial charge in [-0.25, -0.2) is 0 Å². The van der Waals surface area contributed by atoms with E-state index in [0.29, 0.717) is 0 Å². The van der Waals surface area contributed by atoms with Crippen LogP contribution in [-0.4, -0.2) is 65.3 Å². The number of aliphatic hydroxyl groups is 2. The summed E-state index contributed by atoms with van der Waals surface area (Å²) in [6.07, 6.45) is -5.39. The molecule has 9 heteroatoms. The van der Waals surface area contributed by atoms with Crippen molar-refractivity contribution in [2.75, 3.05) is 6.61 Å². The third-order valence-electron chi connectivity index (χ3n) is 3.91. The lowest BCUT2D eigenvalue weighted by Gasteiger charge is -2.43. The van der Waals surface area contributed by atoms with Crippen molar-refractivity contribution in [3.8, 4) is 0 Å². The number of nitrogens with one attached hydrogen (secondary N) is 1. The third-order valence-corrected chi connectivity index (χ3v) is 3.91. The highest BCUT2D eigenvalue weighted by molar-refractivity contribution is 5.76. The summed E-state index contributed by atoms with van der Waals surface area (Å²) in [4.78, 5) is 35.6. The van der Waals surface area contributed by atoms with Gasteiger partial charge in [-0.15, -0.1) is 0 Å². The van der Waals surface area contributed by atoms with Crippen LogP contribution in [0.25, 0.3) is 0 Å². The minimum atomic E-state index is -1.56. The minimum absolute atomic E-state index is 0.343. The van der Waals surface area contributed by atoms with Crippen molar-refractivity contribution in [3.05, 3.63) is 0 Å². The summed E-state index contributed by atoms with van der Waals surface area (Å²) in [7, 11) is 0. The van der Waals surface area contributed by atoms with E-state index >= 15 is 0 Å². The summed E-state index contributed by atoms with van der Waals surface area (Å²) >= 11 is 0. The number of amides is 1. The van der Waals surface area contributed by atoms with E-state index in [2.05, 4.69) is 5.32 Å². The lowest BCUT2D eigenvalue weighted by atomic mass is 9.94. The van der Waals surface area contributed by atoms with Gasteiger partial charge in [-0.2, -0.15) is 0 Å². The SMILES string of the molecule is CC(=O)N[C@H]1[C@@H](OC(=O)C(C)(C)C)[C@H](O)[C@@H](COC(=O)C(C)(C)C)O[C@@H]1O. The average molecular weight is 389 g/mol. The summed E-state index contributed by atoms with van der Waals surface area (Å²) in [6, 6.07) is -1.17. The Morgan fingerprint density at radius 2 is 1.52 bits per heavy atom. The van der Waals surface area contributed by atoms with E-state index in [1.54, 1.807) is 41.5 Å². The Kier molecular flexibility index (Phi) is 7.37. The molecule has 0 unspecified atom stereocenters. The normalized spacial score (nSPS) is 29.0. The maximum atomic E-state index is 12.3. The second-order valence-corrected chi connectivity index (χ2v) is 8.75. The van der Waals surface area contributed by atoms with Crippen LogP contribution in [0.15, 0.2) is 0 Å². The van der Waals surface area contributed by atoms with E-state index in [9.17, 15) is 24.6 Å². The topological polar surface area (TPSA) is 131 Å². The highest BCUT2D eigenvalue weighted by atomic mass is 16.6. The predicted molar refractivity (Wildman–Crippen MR) is 94.2 cm³/mol. The molecule has 0 aromatic heterocycles. The van der Waals surface area contributed by atoms with Crippen LogP contribution in [-0.2, 0) is 28.6 Å². The van der Waals surface area contributed by atoms with Crippen molar-refractivity contribution in [1.82, 2.24) is 5.32 Å². The fraction of sp³-hybridized carbons (Fsp3) is 0.833. The van der Waals surface area contributed by atoms with Crippen molar-refractivity contribution < 1.29 is 38.8 Å². The van der Waals surface area contributed by atoms with Crippen LogP contribution in [0, 0.1) is 10.8 Å². The van der Waals surface area contributed by atoms with Crippen molar-refractivity contribution in [2.45, 2.75) is 79.1 Å². The molecule has 0 bridgehead atoms. The summed E-state index contributed by atoms with van der Waals surface area (Å²) in [5.41, 5.74) is -1.62. The summed E-state index contributed by atoms with van der Waals surface area (Å²) < 4.78 is 15.8. The van der Waals surface area contributed by atoms with Crippen molar-refractivity contribution in [2.24, 2.45) is 10.8 Å². The van der Waals surface area contributed by atoms with Gasteiger partial charge in [0.15, 0.2) is 12.4 Å². The molecule has 0 radical (unpaired) electrons. The molecule has 1 amide bonds. The Morgan fingerprint density at radius 3 is 1.96 bits per heavy atom. The zero-order valence-electron chi connectivity index (χ0n) is 16.9. The number of esters is 2. The fourth-order valence-electron chi connectivity index (χ4n) is 2.27. The van der Waals surface area contributed by atoms with Crippen molar-refractivity contribution in [1.29, 1.82) is 0 Å². The van der Waals surface area contributed by atoms with Gasteiger partial charge in [0.1, 0.15) is 24.9 Å². The maximum absolute atomic E-state index is 12.3. The highest BCUT2D eigenvalue weighted by Gasteiger charge is 2.48. The first kappa shape index (κ1) is 23.3. The molecule has 0 spiro atoms. The predicted octanol–water partition coefficient (Wildman–Crippen LogP) is 0.116. The first-order valence-electron chi connectivity index (χ1n) is 8.81. The van der Waals surface area contributed by atoms with E-state index in [0.717, 1.165) is 0 Å². The molecule has 1 heterocycles. The lowest BCUT2D eigenvalue weighted by molar-refractivity contribution is -0.262. The number of rotatable bonds is 4. The first-order valence-corrected chi connectivity index (χ1v) is 8.81. The van der Waals surface area contributed by atoms with Gasteiger partial charge in [-0.05, 0) is 41.5 Å².